The lowest BCUT2D eigenvalue weighted by atomic mass is 9.99. The fourth-order valence-corrected chi connectivity index (χ4v) is 3.16. The summed E-state index contributed by atoms with van der Waals surface area (Å²) in [6.45, 7) is 3.22. The zero-order valence-corrected chi connectivity index (χ0v) is 14.3. The van der Waals surface area contributed by atoms with Crippen molar-refractivity contribution >= 4 is 15.9 Å². The van der Waals surface area contributed by atoms with Crippen LogP contribution in [0.15, 0.2) is 59.1 Å². The summed E-state index contributed by atoms with van der Waals surface area (Å²) >= 11 is 3.55. The van der Waals surface area contributed by atoms with Gasteiger partial charge in [0.05, 0.1) is 0 Å². The molecule has 0 spiro atoms. The number of likely N-dealkylation sites (N-methyl/N-ethyl adjacent to an activating group) is 1. The van der Waals surface area contributed by atoms with Crippen LogP contribution in [0.3, 0.4) is 0 Å². The van der Waals surface area contributed by atoms with Gasteiger partial charge in [0.2, 0.25) is 0 Å². The van der Waals surface area contributed by atoms with E-state index in [2.05, 4.69) is 82.8 Å². The molecular weight excluding hydrogens is 322 g/mol. The van der Waals surface area contributed by atoms with Crippen LogP contribution < -0.4 is 5.32 Å². The molecule has 2 rings (SSSR count). The van der Waals surface area contributed by atoms with Gasteiger partial charge in [-0.05, 0) is 55.5 Å². The third-order valence-corrected chi connectivity index (χ3v) is 4.22. The second-order valence-electron chi connectivity index (χ2n) is 5.47. The highest BCUT2D eigenvalue weighted by atomic mass is 79.9. The zero-order valence-electron chi connectivity index (χ0n) is 12.7. The predicted octanol–water partition coefficient (Wildman–Crippen LogP) is 4.99. The number of benzene rings is 2. The third kappa shape index (κ3) is 6.03. The third-order valence-electron chi connectivity index (χ3n) is 3.72. The van der Waals surface area contributed by atoms with E-state index in [1.807, 2.05) is 0 Å². The Balaban J connectivity index is 1.84. The van der Waals surface area contributed by atoms with Crippen LogP contribution in [0.1, 0.15) is 30.9 Å². The normalized spacial score (nSPS) is 12.3. The summed E-state index contributed by atoms with van der Waals surface area (Å²) in [5.74, 6) is 0. The van der Waals surface area contributed by atoms with Crippen LogP contribution in [0.2, 0.25) is 0 Å². The Morgan fingerprint density at radius 1 is 1.00 bits per heavy atom. The monoisotopic (exact) mass is 345 g/mol. The summed E-state index contributed by atoms with van der Waals surface area (Å²) in [5.41, 5.74) is 2.84. The minimum Gasteiger partial charge on any atom is -0.314 e. The van der Waals surface area contributed by atoms with Gasteiger partial charge < -0.3 is 5.32 Å². The van der Waals surface area contributed by atoms with Crippen LogP contribution in [0.5, 0.6) is 0 Å². The second-order valence-corrected chi connectivity index (χ2v) is 6.38. The fourth-order valence-electron chi connectivity index (χ4n) is 2.71. The molecule has 112 valence electrons. The Labute approximate surface area is 136 Å². The largest absolute Gasteiger partial charge is 0.314 e. The van der Waals surface area contributed by atoms with Gasteiger partial charge in [0, 0.05) is 10.5 Å². The summed E-state index contributed by atoms with van der Waals surface area (Å²) < 4.78 is 1.17. The molecule has 0 aliphatic heterocycles. The first-order valence-electron chi connectivity index (χ1n) is 7.79. The van der Waals surface area contributed by atoms with Crippen LogP contribution in [-0.4, -0.2) is 12.6 Å². The Kier molecular flexibility index (Phi) is 6.98. The van der Waals surface area contributed by atoms with E-state index < -0.39 is 0 Å². The Hall–Kier alpha value is -1.12. The van der Waals surface area contributed by atoms with Gasteiger partial charge in [0.1, 0.15) is 0 Å². The Morgan fingerprint density at radius 3 is 2.48 bits per heavy atom. The van der Waals surface area contributed by atoms with Crippen LogP contribution in [0, 0.1) is 0 Å². The number of halogens is 1. The molecular formula is C19H24BrN. The highest BCUT2D eigenvalue weighted by Gasteiger charge is 2.08. The molecule has 0 saturated carbocycles. The van der Waals surface area contributed by atoms with Crippen molar-refractivity contribution in [2.45, 2.75) is 38.6 Å². The lowest BCUT2D eigenvalue weighted by Gasteiger charge is -2.18. The highest BCUT2D eigenvalue weighted by molar-refractivity contribution is 9.10. The molecule has 0 bridgehead atoms. The molecule has 0 saturated heterocycles. The fraction of sp³-hybridized carbons (Fsp3) is 0.368. The standard InChI is InChI=1S/C19H24BrN/c1-2-21-19(15-17-11-6-12-18(20)14-17)13-7-10-16-8-4-3-5-9-16/h3-6,8-9,11-12,14,19,21H,2,7,10,13,15H2,1H3. The minimum absolute atomic E-state index is 0.563. The number of hydrogen-bond acceptors (Lipinski definition) is 1. The van der Waals surface area contributed by atoms with E-state index >= 15 is 0 Å². The van der Waals surface area contributed by atoms with Crippen molar-refractivity contribution in [2.24, 2.45) is 0 Å². The van der Waals surface area contributed by atoms with Gasteiger partial charge >= 0.3 is 0 Å². The highest BCUT2D eigenvalue weighted by Crippen LogP contribution is 2.15. The van der Waals surface area contributed by atoms with E-state index in [-0.39, 0.29) is 0 Å². The van der Waals surface area contributed by atoms with Gasteiger partial charge in [-0.15, -0.1) is 0 Å². The molecule has 1 unspecified atom stereocenters. The Bertz CT molecular complexity index is 524. The smallest absolute Gasteiger partial charge is 0.0178 e. The van der Waals surface area contributed by atoms with Crippen LogP contribution >= 0.6 is 15.9 Å². The van der Waals surface area contributed by atoms with E-state index in [1.165, 1.54) is 34.9 Å². The SMILES string of the molecule is CCNC(CCCc1ccccc1)Cc1cccc(Br)c1. The topological polar surface area (TPSA) is 12.0 Å². The summed E-state index contributed by atoms with van der Waals surface area (Å²) in [7, 11) is 0. The number of aryl methyl sites for hydroxylation is 1. The lowest BCUT2D eigenvalue weighted by molar-refractivity contribution is 0.476. The van der Waals surface area contributed by atoms with Crippen LogP contribution in [-0.2, 0) is 12.8 Å². The number of hydrogen-bond donors (Lipinski definition) is 1. The molecule has 1 N–H and O–H groups in total. The lowest BCUT2D eigenvalue weighted by Crippen LogP contribution is -2.31. The molecule has 2 aromatic rings. The molecule has 0 fully saturated rings. The molecule has 1 atom stereocenters. The predicted molar refractivity (Wildman–Crippen MR) is 94.7 cm³/mol. The van der Waals surface area contributed by atoms with E-state index in [4.69, 9.17) is 0 Å². The minimum atomic E-state index is 0.563. The van der Waals surface area contributed by atoms with Crippen molar-refractivity contribution in [1.82, 2.24) is 5.32 Å². The molecule has 21 heavy (non-hydrogen) atoms. The number of nitrogens with one attached hydrogen (secondary N) is 1. The van der Waals surface area contributed by atoms with Gasteiger partial charge in [-0.2, -0.15) is 0 Å². The van der Waals surface area contributed by atoms with Gasteiger partial charge in [-0.3, -0.25) is 0 Å². The van der Waals surface area contributed by atoms with Crippen molar-refractivity contribution < 1.29 is 0 Å². The summed E-state index contributed by atoms with van der Waals surface area (Å²) in [6.07, 6.45) is 4.72. The van der Waals surface area contributed by atoms with E-state index in [9.17, 15) is 0 Å². The van der Waals surface area contributed by atoms with Gasteiger partial charge in [0.15, 0.2) is 0 Å². The second kappa shape index (κ2) is 9.01. The van der Waals surface area contributed by atoms with Crippen LogP contribution in [0.25, 0.3) is 0 Å². The summed E-state index contributed by atoms with van der Waals surface area (Å²) in [5, 5.41) is 3.62. The maximum atomic E-state index is 3.62. The molecule has 0 radical (unpaired) electrons. The van der Waals surface area contributed by atoms with Gasteiger partial charge in [-0.25, -0.2) is 0 Å². The molecule has 0 aliphatic carbocycles. The molecule has 0 heterocycles. The quantitative estimate of drug-likeness (QED) is 0.710. The first-order chi connectivity index (χ1) is 10.3. The van der Waals surface area contributed by atoms with Crippen molar-refractivity contribution in [1.29, 1.82) is 0 Å². The Morgan fingerprint density at radius 2 is 1.76 bits per heavy atom. The van der Waals surface area contributed by atoms with Gasteiger partial charge in [0.25, 0.3) is 0 Å². The summed E-state index contributed by atoms with van der Waals surface area (Å²) in [4.78, 5) is 0. The van der Waals surface area contributed by atoms with Gasteiger partial charge in [-0.1, -0.05) is 65.3 Å². The average molecular weight is 346 g/mol. The molecule has 1 nitrogen and oxygen atoms in total. The van der Waals surface area contributed by atoms with E-state index in [0.29, 0.717) is 6.04 Å². The molecule has 0 aliphatic rings. The van der Waals surface area contributed by atoms with E-state index in [0.717, 1.165) is 13.0 Å². The van der Waals surface area contributed by atoms with Crippen molar-refractivity contribution in [2.75, 3.05) is 6.54 Å². The molecule has 0 aromatic heterocycles. The number of rotatable bonds is 8. The van der Waals surface area contributed by atoms with Crippen molar-refractivity contribution in [3.63, 3.8) is 0 Å². The van der Waals surface area contributed by atoms with Crippen LogP contribution in [0.4, 0.5) is 0 Å². The first kappa shape index (κ1) is 16.3. The maximum absolute atomic E-state index is 3.62. The molecule has 2 aromatic carbocycles. The first-order valence-corrected chi connectivity index (χ1v) is 8.59. The maximum Gasteiger partial charge on any atom is 0.0178 e. The van der Waals surface area contributed by atoms with Crippen molar-refractivity contribution in [3.8, 4) is 0 Å². The molecule has 0 amide bonds. The average Bonchev–Trinajstić information content (AvgIpc) is 2.48. The molecule has 2 heteroatoms. The zero-order chi connectivity index (χ0) is 14.9. The van der Waals surface area contributed by atoms with E-state index in [1.54, 1.807) is 0 Å². The van der Waals surface area contributed by atoms with Crippen molar-refractivity contribution in [3.05, 3.63) is 70.2 Å². The summed E-state index contributed by atoms with van der Waals surface area (Å²) in [6, 6.07) is 20.0.